The van der Waals surface area contributed by atoms with Crippen molar-refractivity contribution in [2.24, 2.45) is 5.73 Å². The first-order chi connectivity index (χ1) is 11.0. The van der Waals surface area contributed by atoms with Crippen molar-refractivity contribution in [3.05, 3.63) is 75.6 Å². The minimum absolute atomic E-state index is 0.00307. The van der Waals surface area contributed by atoms with Gasteiger partial charge in [0.05, 0.1) is 11.0 Å². The molecule has 0 radical (unpaired) electrons. The molecule has 0 fully saturated rings. The van der Waals surface area contributed by atoms with E-state index in [0.29, 0.717) is 17.2 Å². The molecule has 0 saturated heterocycles. The normalized spacial score (nSPS) is 12.1. The highest BCUT2D eigenvalue weighted by molar-refractivity contribution is 5.58. The second-order valence-electron chi connectivity index (χ2n) is 5.24. The van der Waals surface area contributed by atoms with E-state index >= 15 is 0 Å². The van der Waals surface area contributed by atoms with Crippen molar-refractivity contribution >= 4 is 5.69 Å². The Balaban J connectivity index is 1.89. The lowest BCUT2D eigenvalue weighted by molar-refractivity contribution is -0.384. The van der Waals surface area contributed by atoms with Gasteiger partial charge in [-0.25, -0.2) is 4.98 Å². The highest BCUT2D eigenvalue weighted by Gasteiger charge is 2.16. The summed E-state index contributed by atoms with van der Waals surface area (Å²) in [6.45, 7) is 2.00. The number of non-ortho nitro benzene ring substituents is 1. The molecule has 0 aliphatic rings. The van der Waals surface area contributed by atoms with E-state index in [1.54, 1.807) is 12.1 Å². The Morgan fingerprint density at radius 3 is 2.65 bits per heavy atom. The molecule has 23 heavy (non-hydrogen) atoms. The van der Waals surface area contributed by atoms with Gasteiger partial charge in [-0.2, -0.15) is 5.10 Å². The van der Waals surface area contributed by atoms with Gasteiger partial charge in [0.25, 0.3) is 5.69 Å². The van der Waals surface area contributed by atoms with E-state index in [4.69, 9.17) is 5.73 Å². The van der Waals surface area contributed by atoms with Gasteiger partial charge in [0.1, 0.15) is 5.82 Å². The number of rotatable bonds is 4. The summed E-state index contributed by atoms with van der Waals surface area (Å²) in [4.78, 5) is 14.8. The fourth-order valence-corrected chi connectivity index (χ4v) is 2.23. The van der Waals surface area contributed by atoms with Crippen molar-refractivity contribution in [3.8, 4) is 11.4 Å². The molecular formula is C16H15N5O2. The molecule has 0 spiro atoms. The molecular weight excluding hydrogens is 294 g/mol. The van der Waals surface area contributed by atoms with Crippen LogP contribution in [0, 0.1) is 17.0 Å². The van der Waals surface area contributed by atoms with Crippen molar-refractivity contribution in [2.75, 3.05) is 0 Å². The molecule has 1 aromatic heterocycles. The lowest BCUT2D eigenvalue weighted by Gasteiger charge is -2.08. The third kappa shape index (κ3) is 3.09. The van der Waals surface area contributed by atoms with Gasteiger partial charge in [-0.3, -0.25) is 15.2 Å². The van der Waals surface area contributed by atoms with Crippen LogP contribution in [0.15, 0.2) is 48.5 Å². The van der Waals surface area contributed by atoms with Crippen LogP contribution < -0.4 is 5.73 Å². The largest absolute Gasteiger partial charge is 0.318 e. The molecule has 3 rings (SSSR count). The second-order valence-corrected chi connectivity index (χ2v) is 5.24. The van der Waals surface area contributed by atoms with Gasteiger partial charge in [-0.15, -0.1) is 0 Å². The van der Waals surface area contributed by atoms with E-state index in [0.717, 1.165) is 11.1 Å². The van der Waals surface area contributed by atoms with E-state index in [-0.39, 0.29) is 5.69 Å². The standard InChI is InChI=1S/C16H15N5O2/c1-10-5-7-11(8-6-10)14(17)16-18-15(19-20-16)12-3-2-4-13(9-12)21(22)23/h2-9,14H,17H2,1H3,(H,18,19,20). The summed E-state index contributed by atoms with van der Waals surface area (Å²) in [6, 6.07) is 13.6. The van der Waals surface area contributed by atoms with Gasteiger partial charge in [0.2, 0.25) is 0 Å². The Morgan fingerprint density at radius 1 is 1.22 bits per heavy atom. The van der Waals surface area contributed by atoms with Crippen LogP contribution >= 0.6 is 0 Å². The molecule has 0 saturated carbocycles. The van der Waals surface area contributed by atoms with Crippen LogP contribution in [0.25, 0.3) is 11.4 Å². The number of nitro groups is 1. The topological polar surface area (TPSA) is 111 Å². The molecule has 1 atom stereocenters. The Hall–Kier alpha value is -3.06. The highest BCUT2D eigenvalue weighted by Crippen LogP contribution is 2.23. The first-order valence-electron chi connectivity index (χ1n) is 7.04. The Bertz CT molecular complexity index is 842. The summed E-state index contributed by atoms with van der Waals surface area (Å²) in [5.74, 6) is 0.890. The zero-order chi connectivity index (χ0) is 16.4. The number of nitrogens with one attached hydrogen (secondary N) is 1. The Kier molecular flexibility index (Phi) is 3.86. The second kappa shape index (κ2) is 5.98. The van der Waals surface area contributed by atoms with Gasteiger partial charge in [-0.05, 0) is 12.5 Å². The van der Waals surface area contributed by atoms with Gasteiger partial charge in [0.15, 0.2) is 5.82 Å². The maximum Gasteiger partial charge on any atom is 0.270 e. The van der Waals surface area contributed by atoms with Crippen LogP contribution in [0.3, 0.4) is 0 Å². The maximum absolute atomic E-state index is 10.8. The molecule has 7 heteroatoms. The summed E-state index contributed by atoms with van der Waals surface area (Å²) in [6.07, 6.45) is 0. The average molecular weight is 309 g/mol. The van der Waals surface area contributed by atoms with Crippen molar-refractivity contribution in [3.63, 3.8) is 0 Å². The number of H-pyrrole nitrogens is 1. The predicted octanol–water partition coefficient (Wildman–Crippen LogP) is 2.74. The third-order valence-corrected chi connectivity index (χ3v) is 3.55. The van der Waals surface area contributed by atoms with Gasteiger partial charge < -0.3 is 5.73 Å². The highest BCUT2D eigenvalue weighted by atomic mass is 16.6. The van der Waals surface area contributed by atoms with E-state index < -0.39 is 11.0 Å². The molecule has 3 aromatic rings. The first-order valence-corrected chi connectivity index (χ1v) is 7.04. The van der Waals surface area contributed by atoms with Crippen molar-refractivity contribution < 1.29 is 4.92 Å². The molecule has 116 valence electrons. The van der Waals surface area contributed by atoms with E-state index in [9.17, 15) is 10.1 Å². The Labute approximate surface area is 132 Å². The summed E-state index contributed by atoms with van der Waals surface area (Å²) in [7, 11) is 0. The van der Waals surface area contributed by atoms with E-state index in [1.807, 2.05) is 31.2 Å². The van der Waals surface area contributed by atoms with Crippen LogP contribution in [-0.2, 0) is 0 Å². The van der Waals surface area contributed by atoms with E-state index in [1.165, 1.54) is 12.1 Å². The van der Waals surface area contributed by atoms with Gasteiger partial charge in [-0.1, -0.05) is 42.0 Å². The first kappa shape index (κ1) is 14.9. The number of nitro benzene ring substituents is 1. The summed E-state index contributed by atoms with van der Waals surface area (Å²) < 4.78 is 0. The maximum atomic E-state index is 10.8. The number of benzene rings is 2. The van der Waals surface area contributed by atoms with Crippen molar-refractivity contribution in [1.29, 1.82) is 0 Å². The summed E-state index contributed by atoms with van der Waals surface area (Å²) in [5, 5.41) is 17.8. The van der Waals surface area contributed by atoms with Crippen LogP contribution in [0.4, 0.5) is 5.69 Å². The molecule has 0 aliphatic heterocycles. The number of hydrogen-bond acceptors (Lipinski definition) is 5. The van der Waals surface area contributed by atoms with Crippen molar-refractivity contribution in [1.82, 2.24) is 15.2 Å². The molecule has 1 unspecified atom stereocenters. The predicted molar refractivity (Wildman–Crippen MR) is 85.7 cm³/mol. The number of aryl methyl sites for hydroxylation is 1. The fraction of sp³-hybridized carbons (Fsp3) is 0.125. The number of nitrogens with two attached hydrogens (primary N) is 1. The summed E-state index contributed by atoms with van der Waals surface area (Å²) in [5.41, 5.74) is 8.82. The number of hydrogen-bond donors (Lipinski definition) is 2. The molecule has 0 amide bonds. The van der Waals surface area contributed by atoms with Crippen LogP contribution in [0.1, 0.15) is 23.0 Å². The quantitative estimate of drug-likeness (QED) is 0.568. The lowest BCUT2D eigenvalue weighted by atomic mass is 10.1. The summed E-state index contributed by atoms with van der Waals surface area (Å²) >= 11 is 0. The average Bonchev–Trinajstić information content (AvgIpc) is 3.05. The molecule has 0 aliphatic carbocycles. The third-order valence-electron chi connectivity index (χ3n) is 3.55. The Morgan fingerprint density at radius 2 is 1.96 bits per heavy atom. The molecule has 0 bridgehead atoms. The zero-order valence-corrected chi connectivity index (χ0v) is 12.4. The molecule has 3 N–H and O–H groups in total. The van der Waals surface area contributed by atoms with Crippen LogP contribution in [0.5, 0.6) is 0 Å². The zero-order valence-electron chi connectivity index (χ0n) is 12.4. The number of nitrogens with zero attached hydrogens (tertiary/aromatic N) is 3. The minimum Gasteiger partial charge on any atom is -0.318 e. The van der Waals surface area contributed by atoms with E-state index in [2.05, 4.69) is 15.2 Å². The van der Waals surface area contributed by atoms with Crippen molar-refractivity contribution in [2.45, 2.75) is 13.0 Å². The minimum atomic E-state index is -0.449. The number of aromatic nitrogens is 3. The SMILES string of the molecule is Cc1ccc(C(N)c2nc(-c3cccc([N+](=O)[O-])c3)n[nH]2)cc1. The molecule has 2 aromatic carbocycles. The van der Waals surface area contributed by atoms with Crippen LogP contribution in [-0.4, -0.2) is 20.1 Å². The van der Waals surface area contributed by atoms with Crippen LogP contribution in [0.2, 0.25) is 0 Å². The number of aromatic amines is 1. The molecule has 1 heterocycles. The van der Waals surface area contributed by atoms with Gasteiger partial charge in [0, 0.05) is 17.7 Å². The molecule has 7 nitrogen and oxygen atoms in total. The monoisotopic (exact) mass is 309 g/mol. The lowest BCUT2D eigenvalue weighted by Crippen LogP contribution is -2.13. The van der Waals surface area contributed by atoms with Gasteiger partial charge >= 0.3 is 0 Å². The smallest absolute Gasteiger partial charge is 0.270 e. The fourth-order valence-electron chi connectivity index (χ4n) is 2.23.